The number of nitrogens with one attached hydrogen (secondary N) is 1. The lowest BCUT2D eigenvalue weighted by Gasteiger charge is -2.21. The van der Waals surface area contributed by atoms with Crippen LogP contribution in [-0.2, 0) is 4.75 Å². The van der Waals surface area contributed by atoms with Crippen molar-refractivity contribution < 1.29 is 5.11 Å². The summed E-state index contributed by atoms with van der Waals surface area (Å²) >= 11 is 5.12. The number of hydrogen-bond donors (Lipinski definition) is 2. The maximum Gasteiger partial charge on any atom is 0.262 e. The fourth-order valence-electron chi connectivity index (χ4n) is 2.55. The van der Waals surface area contributed by atoms with E-state index in [2.05, 4.69) is 32.8 Å². The van der Waals surface area contributed by atoms with Crippen molar-refractivity contribution in [3.05, 3.63) is 44.9 Å². The molecule has 21 heavy (non-hydrogen) atoms. The Morgan fingerprint density at radius 3 is 2.67 bits per heavy atom. The predicted octanol–water partition coefficient (Wildman–Crippen LogP) is 3.65. The largest absolute Gasteiger partial charge is 0.493 e. The molecule has 1 saturated heterocycles. The highest BCUT2D eigenvalue weighted by atomic mass is 79.9. The molecule has 1 aliphatic rings. The predicted molar refractivity (Wildman–Crippen MR) is 88.7 cm³/mol. The summed E-state index contributed by atoms with van der Waals surface area (Å²) in [5.41, 5.74) is 0.576. The van der Waals surface area contributed by atoms with Gasteiger partial charge in [0.1, 0.15) is 11.4 Å². The van der Waals surface area contributed by atoms with Crippen molar-refractivity contribution in [2.75, 3.05) is 5.75 Å². The van der Waals surface area contributed by atoms with Crippen molar-refractivity contribution in [2.45, 2.75) is 24.5 Å². The molecule has 1 unspecified atom stereocenters. The lowest BCUT2D eigenvalue weighted by atomic mass is 10.0. The van der Waals surface area contributed by atoms with E-state index in [9.17, 15) is 9.90 Å². The van der Waals surface area contributed by atoms with E-state index in [4.69, 9.17) is 0 Å². The molecule has 1 atom stereocenters. The number of H-pyrrole nitrogens is 1. The molecule has 2 heterocycles. The molecule has 0 bridgehead atoms. The van der Waals surface area contributed by atoms with Gasteiger partial charge in [-0.1, -0.05) is 28.1 Å². The second-order valence-corrected chi connectivity index (χ2v) is 7.82. The van der Waals surface area contributed by atoms with Crippen LogP contribution in [0, 0.1) is 0 Å². The normalized spacial score (nSPS) is 21.6. The molecule has 110 valence electrons. The Morgan fingerprint density at radius 2 is 2.10 bits per heavy atom. The third-order valence-electron chi connectivity index (χ3n) is 3.75. The number of aromatic nitrogens is 2. The van der Waals surface area contributed by atoms with Crippen molar-refractivity contribution in [3.63, 3.8) is 0 Å². The molecule has 3 rings (SSSR count). The number of aromatic amines is 1. The van der Waals surface area contributed by atoms with Gasteiger partial charge in [0.25, 0.3) is 5.56 Å². The molecule has 4 nitrogen and oxygen atoms in total. The van der Waals surface area contributed by atoms with Crippen molar-refractivity contribution in [2.24, 2.45) is 0 Å². The summed E-state index contributed by atoms with van der Waals surface area (Å²) < 4.78 is 0.705. The van der Waals surface area contributed by atoms with E-state index in [1.54, 1.807) is 23.9 Å². The van der Waals surface area contributed by atoms with Crippen LogP contribution in [0.4, 0.5) is 0 Å². The molecule has 0 radical (unpaired) electrons. The van der Waals surface area contributed by atoms with Gasteiger partial charge in [0.2, 0.25) is 5.88 Å². The molecule has 2 N–H and O–H groups in total. The molecule has 1 aliphatic heterocycles. The van der Waals surface area contributed by atoms with E-state index in [1.807, 2.05) is 12.1 Å². The Morgan fingerprint density at radius 1 is 1.38 bits per heavy atom. The van der Waals surface area contributed by atoms with Crippen LogP contribution in [0.25, 0.3) is 11.1 Å². The molecule has 2 aromatic rings. The van der Waals surface area contributed by atoms with Crippen LogP contribution in [0.2, 0.25) is 0 Å². The van der Waals surface area contributed by atoms with Crippen LogP contribution in [0.5, 0.6) is 5.88 Å². The molecule has 0 saturated carbocycles. The van der Waals surface area contributed by atoms with Gasteiger partial charge < -0.3 is 10.1 Å². The number of halogens is 1. The number of thioether (sulfide) groups is 1. The van der Waals surface area contributed by atoms with Crippen LogP contribution in [0.15, 0.2) is 33.5 Å². The molecular weight excluding hydrogens is 352 g/mol. The molecule has 0 spiro atoms. The van der Waals surface area contributed by atoms with Gasteiger partial charge in [-0.25, -0.2) is 0 Å². The summed E-state index contributed by atoms with van der Waals surface area (Å²) in [5.74, 6) is 1.41. The Kier molecular flexibility index (Phi) is 3.84. The molecule has 6 heteroatoms. The first-order chi connectivity index (χ1) is 9.99. The fourth-order valence-corrected chi connectivity index (χ4v) is 4.08. The number of aromatic hydroxyl groups is 1. The lowest BCUT2D eigenvalue weighted by Crippen LogP contribution is -2.23. The number of benzene rings is 1. The first-order valence-corrected chi connectivity index (χ1v) is 8.51. The number of nitrogens with zero attached hydrogens (tertiary/aromatic N) is 1. The minimum Gasteiger partial charge on any atom is -0.493 e. The average molecular weight is 367 g/mol. The maximum atomic E-state index is 12.4. The van der Waals surface area contributed by atoms with Gasteiger partial charge in [-0.15, -0.1) is 11.8 Å². The number of hydrogen-bond acceptors (Lipinski definition) is 4. The Hall–Kier alpha value is -1.27. The SMILES string of the molecule is CC1(c2nc(O)c(-c3ccc(Br)cc3)c(=O)[nH]2)CCCS1. The highest BCUT2D eigenvalue weighted by Gasteiger charge is 2.34. The minimum atomic E-state index is -0.298. The summed E-state index contributed by atoms with van der Waals surface area (Å²) in [7, 11) is 0. The minimum absolute atomic E-state index is 0.204. The van der Waals surface area contributed by atoms with Crippen molar-refractivity contribution in [3.8, 4) is 17.0 Å². The highest BCUT2D eigenvalue weighted by molar-refractivity contribution is 9.10. The van der Waals surface area contributed by atoms with E-state index in [0.717, 1.165) is 23.1 Å². The van der Waals surface area contributed by atoms with Gasteiger partial charge in [-0.3, -0.25) is 4.79 Å². The lowest BCUT2D eigenvalue weighted by molar-refractivity contribution is 0.444. The third-order valence-corrected chi connectivity index (χ3v) is 5.81. The average Bonchev–Trinajstić information content (AvgIpc) is 2.88. The van der Waals surface area contributed by atoms with Crippen LogP contribution < -0.4 is 5.56 Å². The van der Waals surface area contributed by atoms with Gasteiger partial charge in [0.05, 0.1) is 4.75 Å². The van der Waals surface area contributed by atoms with E-state index in [0.29, 0.717) is 11.4 Å². The van der Waals surface area contributed by atoms with Gasteiger partial charge in [0.15, 0.2) is 0 Å². The third kappa shape index (κ3) is 2.74. The molecule has 1 aromatic heterocycles. The molecule has 0 amide bonds. The van der Waals surface area contributed by atoms with E-state index in [1.165, 1.54) is 0 Å². The van der Waals surface area contributed by atoms with Crippen LogP contribution >= 0.6 is 27.7 Å². The van der Waals surface area contributed by atoms with Gasteiger partial charge in [0, 0.05) is 4.47 Å². The van der Waals surface area contributed by atoms with Crippen LogP contribution in [0.1, 0.15) is 25.6 Å². The Bertz CT molecular complexity index is 721. The molecule has 1 aromatic carbocycles. The summed E-state index contributed by atoms with van der Waals surface area (Å²) in [5, 5.41) is 10.2. The van der Waals surface area contributed by atoms with Crippen LogP contribution in [0.3, 0.4) is 0 Å². The summed E-state index contributed by atoms with van der Waals surface area (Å²) in [6.45, 7) is 2.06. The van der Waals surface area contributed by atoms with E-state index in [-0.39, 0.29) is 21.7 Å². The van der Waals surface area contributed by atoms with E-state index < -0.39 is 0 Å². The smallest absolute Gasteiger partial charge is 0.262 e. The zero-order chi connectivity index (χ0) is 15.0. The maximum absolute atomic E-state index is 12.4. The standard InChI is InChI=1S/C15H15BrN2O2S/c1-15(7-2-8-21-15)14-17-12(19)11(13(20)18-14)9-3-5-10(16)6-4-9/h3-6H,2,7-8H2,1H3,(H2,17,18,19,20). The van der Waals surface area contributed by atoms with E-state index >= 15 is 0 Å². The van der Waals surface area contributed by atoms with Gasteiger partial charge in [-0.2, -0.15) is 4.98 Å². The molecular formula is C15H15BrN2O2S. The van der Waals surface area contributed by atoms with Crippen molar-refractivity contribution >= 4 is 27.7 Å². The fraction of sp³-hybridized carbons (Fsp3) is 0.333. The quantitative estimate of drug-likeness (QED) is 0.851. The second kappa shape index (κ2) is 5.50. The Labute approximate surface area is 135 Å². The van der Waals surface area contributed by atoms with Crippen molar-refractivity contribution in [1.29, 1.82) is 0 Å². The molecule has 0 aliphatic carbocycles. The van der Waals surface area contributed by atoms with Crippen molar-refractivity contribution in [1.82, 2.24) is 9.97 Å². The van der Waals surface area contributed by atoms with Crippen LogP contribution in [-0.4, -0.2) is 20.8 Å². The highest BCUT2D eigenvalue weighted by Crippen LogP contribution is 2.45. The number of rotatable bonds is 2. The molecule has 1 fully saturated rings. The first kappa shape index (κ1) is 14.7. The Balaban J connectivity index is 2.08. The zero-order valence-corrected chi connectivity index (χ0v) is 13.9. The second-order valence-electron chi connectivity index (χ2n) is 5.30. The summed E-state index contributed by atoms with van der Waals surface area (Å²) in [6.07, 6.45) is 2.05. The topological polar surface area (TPSA) is 66.0 Å². The summed E-state index contributed by atoms with van der Waals surface area (Å²) in [6, 6.07) is 7.22. The monoisotopic (exact) mass is 366 g/mol. The summed E-state index contributed by atoms with van der Waals surface area (Å²) in [4.78, 5) is 19.5. The van der Waals surface area contributed by atoms with Gasteiger partial charge >= 0.3 is 0 Å². The van der Waals surface area contributed by atoms with Gasteiger partial charge in [-0.05, 0) is 43.2 Å². The first-order valence-electron chi connectivity index (χ1n) is 6.73. The zero-order valence-electron chi connectivity index (χ0n) is 11.5.